The molecule has 0 saturated heterocycles. The van der Waals surface area contributed by atoms with Gasteiger partial charge in [-0.05, 0) is 66.6 Å². The van der Waals surface area contributed by atoms with Crippen LogP contribution >= 0.6 is 0 Å². The van der Waals surface area contributed by atoms with E-state index < -0.39 is 204 Å². The molecule has 0 bridgehead atoms. The lowest BCUT2D eigenvalue weighted by molar-refractivity contribution is -0.441. The first-order valence-corrected chi connectivity index (χ1v) is 27.1. The minimum absolute atomic E-state index is 0.0171. The highest BCUT2D eigenvalue weighted by atomic mass is 16.7. The predicted octanol–water partition coefficient (Wildman–Crippen LogP) is 14.4. The van der Waals surface area contributed by atoms with Crippen molar-refractivity contribution >= 4 is 114 Å². The van der Waals surface area contributed by atoms with Crippen LogP contribution in [0.25, 0.3) is 0 Å². The van der Waals surface area contributed by atoms with Gasteiger partial charge in [0, 0.05) is 52.6 Å². The number of benzene rings is 8. The SMILES string of the molecule is CCc1cc(N=Nc2cc([N+](=O)[O-])c([N+](=O)[O-])c([N+](=O)[O-])c2)cc(Cc2cc(N=Nc3cc([N+](=O)[O-])c([N+](=O)[O-])c([N+](=O)[O-])c3)cc(Cc3cc(N=Nc4cc([N+](=O)[O-])c([N+](=O)[O-])c([N+](=O)[O-])c4)cc(Cc4cc(N=Nc5cc([N+](=O)[O-])c([N+](=O)[O-])c([N+](=O)[O-])c5)ccc4O)c3O)c2O)c1O. The summed E-state index contributed by atoms with van der Waals surface area (Å²) in [5, 5.41) is 220. The van der Waals surface area contributed by atoms with E-state index in [-0.39, 0.29) is 56.7 Å². The van der Waals surface area contributed by atoms with Crippen molar-refractivity contribution in [3.8, 4) is 23.0 Å². The summed E-state index contributed by atoms with van der Waals surface area (Å²) in [6, 6.07) is 13.3. The minimum Gasteiger partial charge on any atom is -0.508 e. The number of nitro benzene ring substituents is 12. The van der Waals surface area contributed by atoms with Crippen LogP contribution in [0.5, 0.6) is 23.0 Å². The summed E-state index contributed by atoms with van der Waals surface area (Å²) in [5.74, 6) is -2.64. The first-order valence-electron chi connectivity index (χ1n) is 27.1. The van der Waals surface area contributed by atoms with Gasteiger partial charge in [0.05, 0.1) is 153 Å². The average Bonchev–Trinajstić information content (AvgIpc) is 0.818. The molecule has 8 rings (SSSR count). The highest BCUT2D eigenvalue weighted by Crippen LogP contribution is 2.47. The molecular formula is C53H32N20O28. The molecule has 512 valence electrons. The van der Waals surface area contributed by atoms with Crippen molar-refractivity contribution in [1.82, 2.24) is 0 Å². The monoisotopic (exact) mass is 1400 g/mol. The number of azo groups is 4. The maximum Gasteiger partial charge on any atom is 0.422 e. The molecule has 0 fully saturated rings. The van der Waals surface area contributed by atoms with E-state index in [1.54, 1.807) is 0 Å². The number of phenolic OH excluding ortho intramolecular Hbond substituents is 4. The summed E-state index contributed by atoms with van der Waals surface area (Å²) in [7, 11) is 0. The van der Waals surface area contributed by atoms with Gasteiger partial charge in [-0.2, -0.15) is 40.9 Å². The van der Waals surface area contributed by atoms with Gasteiger partial charge in [-0.3, -0.25) is 121 Å². The molecule has 101 heavy (non-hydrogen) atoms. The number of aromatic hydroxyl groups is 4. The largest absolute Gasteiger partial charge is 0.508 e. The standard InChI is InChI=1S/C53H32N20O28/c1-2-23-8-31(55-59-35-17-40(64(82)83)48(71(96)97)41(18-35)65(84)85)11-26(51(23)75)6-27-12-33(57-61-37-21-44(68(90)91)50(73(100)101)45(22-37)69(92)93)14-29(53(27)77)7-28-13-32(56-60-36-19-42(66(86)87)49(72(98)99)43(20-36)67(88)89)10-25(52(28)76)5-24-9-30(3-4-46(24)74)54-58-34-15-38(62(78)79)47(70(94)95)39(16-34)63(80)81/h3-4,8-22,74-77H,2,5-7H2,1H3. The Balaban J connectivity index is 1.32. The van der Waals surface area contributed by atoms with E-state index in [9.17, 15) is 142 Å². The van der Waals surface area contributed by atoms with Crippen LogP contribution in [-0.4, -0.2) is 79.5 Å². The minimum atomic E-state index is -1.55. The van der Waals surface area contributed by atoms with Crippen LogP contribution < -0.4 is 0 Å². The summed E-state index contributed by atoms with van der Waals surface area (Å²) in [5.41, 5.74) is -22.9. The molecule has 0 aromatic heterocycles. The predicted molar refractivity (Wildman–Crippen MR) is 333 cm³/mol. The third kappa shape index (κ3) is 15.5. The van der Waals surface area contributed by atoms with Gasteiger partial charge in [0.25, 0.3) is 0 Å². The Hall–Kier alpha value is -15.8. The van der Waals surface area contributed by atoms with Gasteiger partial charge in [0.15, 0.2) is 0 Å². The molecular weight excluding hydrogens is 1360 g/mol. The summed E-state index contributed by atoms with van der Waals surface area (Å²) in [6.07, 6.45) is -2.08. The molecule has 0 aliphatic carbocycles. The number of aryl methyl sites for hydroxylation is 1. The molecule has 0 aliphatic rings. The molecule has 0 spiro atoms. The highest BCUT2D eigenvalue weighted by molar-refractivity contribution is 5.75. The van der Waals surface area contributed by atoms with Crippen molar-refractivity contribution in [2.24, 2.45) is 40.9 Å². The molecule has 0 radical (unpaired) electrons. The second-order valence-electron chi connectivity index (χ2n) is 20.3. The van der Waals surface area contributed by atoms with E-state index in [0.717, 1.165) is 48.5 Å². The Kier molecular flexibility index (Phi) is 20.2. The smallest absolute Gasteiger partial charge is 0.422 e. The number of hydrogen-bond donors (Lipinski definition) is 4. The summed E-state index contributed by atoms with van der Waals surface area (Å²) >= 11 is 0. The van der Waals surface area contributed by atoms with Crippen LogP contribution in [0.4, 0.5) is 114 Å². The fourth-order valence-corrected chi connectivity index (χ4v) is 9.65. The third-order valence-corrected chi connectivity index (χ3v) is 14.0. The van der Waals surface area contributed by atoms with E-state index in [1.165, 1.54) is 13.0 Å². The lowest BCUT2D eigenvalue weighted by atomic mass is 9.93. The van der Waals surface area contributed by atoms with Gasteiger partial charge in [0.2, 0.25) is 0 Å². The summed E-state index contributed by atoms with van der Waals surface area (Å²) in [4.78, 5) is 126. The van der Waals surface area contributed by atoms with E-state index in [1.807, 2.05) is 0 Å². The first-order chi connectivity index (χ1) is 47.6. The Bertz CT molecular complexity index is 5020. The molecule has 0 atom stereocenters. The molecule has 0 saturated carbocycles. The fourth-order valence-electron chi connectivity index (χ4n) is 9.65. The van der Waals surface area contributed by atoms with Crippen LogP contribution in [0.2, 0.25) is 0 Å². The number of hydrogen-bond acceptors (Lipinski definition) is 36. The zero-order valence-corrected chi connectivity index (χ0v) is 49.7. The van der Waals surface area contributed by atoms with Gasteiger partial charge in [-0.1, -0.05) is 6.92 Å². The maximum absolute atomic E-state index is 12.3. The Labute approximate surface area is 551 Å². The lowest BCUT2D eigenvalue weighted by Gasteiger charge is -2.16. The summed E-state index contributed by atoms with van der Waals surface area (Å²) in [6.45, 7) is 1.53. The van der Waals surface area contributed by atoms with E-state index in [4.69, 9.17) is 0 Å². The Morgan fingerprint density at radius 3 is 0.634 bits per heavy atom. The second kappa shape index (κ2) is 28.8. The van der Waals surface area contributed by atoms with Crippen molar-refractivity contribution in [2.75, 3.05) is 0 Å². The van der Waals surface area contributed by atoms with Crippen molar-refractivity contribution in [2.45, 2.75) is 32.6 Å². The van der Waals surface area contributed by atoms with Crippen molar-refractivity contribution in [1.29, 1.82) is 0 Å². The van der Waals surface area contributed by atoms with Gasteiger partial charge in [-0.15, -0.1) is 0 Å². The number of rotatable bonds is 27. The molecule has 0 heterocycles. The second-order valence-corrected chi connectivity index (χ2v) is 20.3. The quantitative estimate of drug-likeness (QED) is 0.0211. The normalized spacial score (nSPS) is 11.3. The van der Waals surface area contributed by atoms with Crippen molar-refractivity contribution in [3.63, 3.8) is 0 Å². The van der Waals surface area contributed by atoms with Gasteiger partial charge < -0.3 is 20.4 Å². The fraction of sp³-hybridized carbons (Fsp3) is 0.0943. The van der Waals surface area contributed by atoms with Crippen LogP contribution in [0.3, 0.4) is 0 Å². The maximum atomic E-state index is 12.3. The third-order valence-electron chi connectivity index (χ3n) is 14.0. The van der Waals surface area contributed by atoms with Crippen LogP contribution in [0, 0.1) is 121 Å². The number of nitrogens with zero attached hydrogens (tertiary/aromatic N) is 20. The van der Waals surface area contributed by atoms with Crippen LogP contribution in [0.15, 0.2) is 144 Å². The van der Waals surface area contributed by atoms with Gasteiger partial charge in [-0.25, -0.2) is 0 Å². The van der Waals surface area contributed by atoms with Crippen LogP contribution in [0.1, 0.15) is 45.9 Å². The Morgan fingerprint density at radius 1 is 0.248 bits per heavy atom. The molecule has 8 aromatic rings. The van der Waals surface area contributed by atoms with Gasteiger partial charge >= 0.3 is 68.2 Å². The average molecular weight is 1400 g/mol. The molecule has 4 N–H and O–H groups in total. The van der Waals surface area contributed by atoms with Crippen LogP contribution in [-0.2, 0) is 25.7 Å². The highest BCUT2D eigenvalue weighted by Gasteiger charge is 2.41. The van der Waals surface area contributed by atoms with E-state index in [0.29, 0.717) is 48.5 Å². The van der Waals surface area contributed by atoms with Crippen molar-refractivity contribution < 1.29 is 79.5 Å². The van der Waals surface area contributed by atoms with E-state index in [2.05, 4.69) is 40.9 Å². The van der Waals surface area contributed by atoms with E-state index >= 15 is 0 Å². The summed E-state index contributed by atoms with van der Waals surface area (Å²) < 4.78 is 0. The zero-order valence-electron chi connectivity index (χ0n) is 49.7. The Morgan fingerprint density at radius 2 is 0.426 bits per heavy atom. The molecule has 48 heteroatoms. The number of phenols is 4. The zero-order chi connectivity index (χ0) is 74.3. The lowest BCUT2D eigenvalue weighted by Crippen LogP contribution is -2.01. The molecule has 48 nitrogen and oxygen atoms in total. The van der Waals surface area contributed by atoms with Gasteiger partial charge in [0.1, 0.15) is 23.0 Å². The molecule has 8 aromatic carbocycles. The topological polar surface area (TPSA) is 697 Å². The first kappa shape index (κ1) is 71.0. The molecule has 0 aliphatic heterocycles. The number of nitro groups is 12. The molecule has 0 amide bonds. The van der Waals surface area contributed by atoms with Crippen molar-refractivity contribution in [3.05, 3.63) is 263 Å². The molecule has 0 unspecified atom stereocenters.